The lowest BCUT2D eigenvalue weighted by molar-refractivity contribution is 0.0705. The van der Waals surface area contributed by atoms with Crippen molar-refractivity contribution < 1.29 is 9.53 Å². The van der Waals surface area contributed by atoms with Crippen LogP contribution in [0.25, 0.3) is 0 Å². The van der Waals surface area contributed by atoms with Crippen molar-refractivity contribution in [2.45, 2.75) is 6.92 Å². The molecule has 1 amide bonds. The van der Waals surface area contributed by atoms with Crippen LogP contribution in [-0.4, -0.2) is 42.6 Å². The second-order valence-electron chi connectivity index (χ2n) is 3.27. The predicted octanol–water partition coefficient (Wildman–Crippen LogP) is 0.705. The number of likely N-dealkylation sites (N-methyl/N-ethyl adjacent to an activating group) is 1. The topological polar surface area (TPSA) is 71.3 Å². The van der Waals surface area contributed by atoms with Crippen LogP contribution < -0.4 is 5.73 Å². The lowest BCUT2D eigenvalue weighted by atomic mass is 10.3. The number of nitrogens with one attached hydrogen (secondary N) is 1. The maximum absolute atomic E-state index is 11.7. The van der Waals surface area contributed by atoms with Gasteiger partial charge in [0.15, 0.2) is 0 Å². The Morgan fingerprint density at radius 3 is 2.93 bits per heavy atom. The summed E-state index contributed by atoms with van der Waals surface area (Å²) >= 11 is 0. The van der Waals surface area contributed by atoms with Crippen LogP contribution >= 0.6 is 0 Å². The van der Waals surface area contributed by atoms with E-state index in [1.165, 1.54) is 0 Å². The first kappa shape index (κ1) is 11.6. The number of hydrogen-bond donors (Lipinski definition) is 2. The van der Waals surface area contributed by atoms with E-state index in [4.69, 9.17) is 10.5 Å². The van der Waals surface area contributed by atoms with Crippen LogP contribution in [0.15, 0.2) is 12.3 Å². The maximum Gasteiger partial charge on any atom is 0.270 e. The summed E-state index contributed by atoms with van der Waals surface area (Å²) < 4.78 is 5.17. The monoisotopic (exact) mass is 211 g/mol. The fourth-order valence-electron chi connectivity index (χ4n) is 1.19. The highest BCUT2D eigenvalue weighted by Crippen LogP contribution is 2.06. The molecule has 0 spiro atoms. The molecule has 0 bridgehead atoms. The van der Waals surface area contributed by atoms with Crippen molar-refractivity contribution >= 4 is 11.6 Å². The van der Waals surface area contributed by atoms with Crippen molar-refractivity contribution in [3.8, 4) is 0 Å². The number of rotatable bonds is 5. The van der Waals surface area contributed by atoms with Crippen molar-refractivity contribution in [1.29, 1.82) is 0 Å². The first-order valence-corrected chi connectivity index (χ1v) is 4.92. The van der Waals surface area contributed by atoms with Crippen molar-refractivity contribution in [2.24, 2.45) is 0 Å². The summed E-state index contributed by atoms with van der Waals surface area (Å²) in [6.07, 6.45) is 1.60. The number of H-pyrrole nitrogens is 1. The van der Waals surface area contributed by atoms with Crippen molar-refractivity contribution in [3.05, 3.63) is 18.0 Å². The molecule has 0 radical (unpaired) electrons. The third-order valence-electron chi connectivity index (χ3n) is 2.06. The van der Waals surface area contributed by atoms with E-state index in [0.29, 0.717) is 31.1 Å². The Balaban J connectivity index is 2.46. The minimum absolute atomic E-state index is 0.0774. The molecule has 15 heavy (non-hydrogen) atoms. The lowest BCUT2D eigenvalue weighted by Crippen LogP contribution is -2.30. The molecule has 5 heteroatoms. The third kappa shape index (κ3) is 3.28. The second kappa shape index (κ2) is 5.41. The fraction of sp³-hybridized carbons (Fsp3) is 0.500. The van der Waals surface area contributed by atoms with Crippen LogP contribution in [-0.2, 0) is 4.74 Å². The van der Waals surface area contributed by atoms with Crippen LogP contribution in [0.5, 0.6) is 0 Å². The summed E-state index contributed by atoms with van der Waals surface area (Å²) in [4.78, 5) is 16.2. The molecule has 0 aliphatic rings. The summed E-state index contributed by atoms with van der Waals surface area (Å²) in [5, 5.41) is 0. The zero-order chi connectivity index (χ0) is 11.3. The molecule has 0 fully saturated rings. The molecule has 5 nitrogen and oxygen atoms in total. The standard InChI is InChI=1S/C10H17N3O2/c1-3-15-5-4-13(2)10(14)9-6-8(11)7-12-9/h6-7,12H,3-5,11H2,1-2H3. The van der Waals surface area contributed by atoms with Crippen LogP contribution in [0.2, 0.25) is 0 Å². The number of ether oxygens (including phenoxy) is 1. The Bertz CT molecular complexity index is 322. The highest BCUT2D eigenvalue weighted by Gasteiger charge is 2.12. The molecule has 0 aromatic carbocycles. The largest absolute Gasteiger partial charge is 0.397 e. The molecular weight excluding hydrogens is 194 g/mol. The van der Waals surface area contributed by atoms with E-state index in [2.05, 4.69) is 4.98 Å². The molecule has 3 N–H and O–H groups in total. The molecule has 0 unspecified atom stereocenters. The maximum atomic E-state index is 11.7. The van der Waals surface area contributed by atoms with Crippen molar-refractivity contribution in [1.82, 2.24) is 9.88 Å². The average Bonchev–Trinajstić information content (AvgIpc) is 2.64. The van der Waals surface area contributed by atoms with E-state index in [-0.39, 0.29) is 5.91 Å². The van der Waals surface area contributed by atoms with Gasteiger partial charge in [-0.15, -0.1) is 0 Å². The highest BCUT2D eigenvalue weighted by molar-refractivity contribution is 5.93. The van der Waals surface area contributed by atoms with Gasteiger partial charge < -0.3 is 20.4 Å². The van der Waals surface area contributed by atoms with E-state index in [9.17, 15) is 4.79 Å². The number of carbonyl (C=O) groups excluding carboxylic acids is 1. The average molecular weight is 211 g/mol. The minimum Gasteiger partial charge on any atom is -0.397 e. The quantitative estimate of drug-likeness (QED) is 0.704. The number of aromatic amines is 1. The molecule has 1 heterocycles. The Hall–Kier alpha value is -1.49. The molecule has 1 rings (SSSR count). The van der Waals surface area contributed by atoms with E-state index < -0.39 is 0 Å². The predicted molar refractivity (Wildman–Crippen MR) is 58.7 cm³/mol. The number of nitrogens with zero attached hydrogens (tertiary/aromatic N) is 1. The van der Waals surface area contributed by atoms with Gasteiger partial charge in [0.2, 0.25) is 0 Å². The van der Waals surface area contributed by atoms with Gasteiger partial charge in [-0.3, -0.25) is 4.79 Å². The molecule has 0 saturated heterocycles. The Labute approximate surface area is 89.2 Å². The first-order valence-electron chi connectivity index (χ1n) is 4.92. The second-order valence-corrected chi connectivity index (χ2v) is 3.27. The number of nitrogens with two attached hydrogens (primary N) is 1. The molecule has 1 aromatic heterocycles. The van der Waals surface area contributed by atoms with Crippen LogP contribution in [0.1, 0.15) is 17.4 Å². The molecule has 1 aromatic rings. The summed E-state index contributed by atoms with van der Waals surface area (Å²) in [5.41, 5.74) is 6.58. The van der Waals surface area contributed by atoms with Gasteiger partial charge in [0.05, 0.1) is 6.61 Å². The van der Waals surface area contributed by atoms with E-state index in [1.807, 2.05) is 6.92 Å². The summed E-state index contributed by atoms with van der Waals surface area (Å²) in [5.74, 6) is -0.0774. The van der Waals surface area contributed by atoms with Crippen LogP contribution in [0, 0.1) is 0 Å². The van der Waals surface area contributed by atoms with Gasteiger partial charge in [-0.2, -0.15) is 0 Å². The minimum atomic E-state index is -0.0774. The van der Waals surface area contributed by atoms with Crippen molar-refractivity contribution in [3.63, 3.8) is 0 Å². The lowest BCUT2D eigenvalue weighted by Gasteiger charge is -2.15. The Morgan fingerprint density at radius 1 is 1.67 bits per heavy atom. The number of amides is 1. The fourth-order valence-corrected chi connectivity index (χ4v) is 1.19. The zero-order valence-electron chi connectivity index (χ0n) is 9.12. The molecule has 0 aliphatic carbocycles. The Morgan fingerprint density at radius 2 is 2.40 bits per heavy atom. The normalized spacial score (nSPS) is 10.3. The van der Waals surface area contributed by atoms with Crippen LogP contribution in [0.3, 0.4) is 0 Å². The summed E-state index contributed by atoms with van der Waals surface area (Å²) in [6.45, 7) is 3.71. The molecule has 0 atom stereocenters. The zero-order valence-corrected chi connectivity index (χ0v) is 9.12. The van der Waals surface area contributed by atoms with Gasteiger partial charge in [0, 0.05) is 32.1 Å². The Kier molecular flexibility index (Phi) is 4.17. The van der Waals surface area contributed by atoms with E-state index in [0.717, 1.165) is 0 Å². The highest BCUT2D eigenvalue weighted by atomic mass is 16.5. The van der Waals surface area contributed by atoms with Crippen LogP contribution in [0.4, 0.5) is 5.69 Å². The van der Waals surface area contributed by atoms with Gasteiger partial charge in [0.1, 0.15) is 5.69 Å². The van der Waals surface area contributed by atoms with Gasteiger partial charge >= 0.3 is 0 Å². The molecule has 84 valence electrons. The van der Waals surface area contributed by atoms with Gasteiger partial charge in [-0.05, 0) is 13.0 Å². The molecular formula is C10H17N3O2. The van der Waals surface area contributed by atoms with Gasteiger partial charge in [0.25, 0.3) is 5.91 Å². The summed E-state index contributed by atoms with van der Waals surface area (Å²) in [7, 11) is 1.73. The number of nitrogen functional groups attached to an aromatic ring is 1. The summed E-state index contributed by atoms with van der Waals surface area (Å²) in [6, 6.07) is 1.62. The number of anilines is 1. The smallest absolute Gasteiger partial charge is 0.270 e. The third-order valence-corrected chi connectivity index (χ3v) is 2.06. The molecule has 0 saturated carbocycles. The first-order chi connectivity index (χ1) is 7.15. The van der Waals surface area contributed by atoms with E-state index in [1.54, 1.807) is 24.2 Å². The molecule has 0 aliphatic heterocycles. The van der Waals surface area contributed by atoms with Crippen molar-refractivity contribution in [2.75, 3.05) is 32.5 Å². The number of hydrogen-bond acceptors (Lipinski definition) is 3. The van der Waals surface area contributed by atoms with Gasteiger partial charge in [-0.25, -0.2) is 0 Å². The SMILES string of the molecule is CCOCCN(C)C(=O)c1cc(N)c[nH]1. The number of aromatic nitrogens is 1. The van der Waals surface area contributed by atoms with Gasteiger partial charge in [-0.1, -0.05) is 0 Å². The number of carbonyl (C=O) groups is 1. The van der Waals surface area contributed by atoms with E-state index >= 15 is 0 Å².